The Kier molecular flexibility index (Phi) is 5.63. The Morgan fingerprint density at radius 2 is 2.00 bits per heavy atom. The third kappa shape index (κ3) is 5.82. The summed E-state index contributed by atoms with van der Waals surface area (Å²) in [6.45, 7) is 7.59. The molecule has 1 aromatic carbocycles. The summed E-state index contributed by atoms with van der Waals surface area (Å²) in [4.78, 5) is 11.8. The van der Waals surface area contributed by atoms with Crippen molar-refractivity contribution >= 4 is 6.09 Å². The molecule has 0 saturated heterocycles. The van der Waals surface area contributed by atoms with E-state index < -0.39 is 5.60 Å². The van der Waals surface area contributed by atoms with Crippen LogP contribution in [0.25, 0.3) is 0 Å². The quantitative estimate of drug-likeness (QED) is 0.883. The molecule has 1 fully saturated rings. The number of benzene rings is 1. The lowest BCUT2D eigenvalue weighted by atomic mass is 10.1. The van der Waals surface area contributed by atoms with Crippen LogP contribution in [0.1, 0.15) is 58.6 Å². The zero-order valence-electron chi connectivity index (χ0n) is 14.4. The monoisotopic (exact) mass is 322 g/mol. The molecule has 1 amide bonds. The molecule has 1 saturated carbocycles. The average molecular weight is 322 g/mol. The molecule has 2 unspecified atom stereocenters. The van der Waals surface area contributed by atoms with Crippen LogP contribution in [0.5, 0.6) is 0 Å². The van der Waals surface area contributed by atoms with Crippen molar-refractivity contribution in [1.29, 1.82) is 0 Å². The zero-order valence-corrected chi connectivity index (χ0v) is 14.4. The second kappa shape index (κ2) is 7.30. The van der Waals surface area contributed by atoms with Gasteiger partial charge in [-0.2, -0.15) is 0 Å². The van der Waals surface area contributed by atoms with Crippen LogP contribution in [-0.2, 0) is 4.74 Å². The summed E-state index contributed by atoms with van der Waals surface area (Å²) < 4.78 is 18.6. The molecule has 1 aliphatic carbocycles. The third-order valence-corrected chi connectivity index (χ3v) is 3.99. The van der Waals surface area contributed by atoms with Gasteiger partial charge < -0.3 is 15.4 Å². The molecule has 4 nitrogen and oxygen atoms in total. The van der Waals surface area contributed by atoms with E-state index in [1.165, 1.54) is 6.07 Å². The SMILES string of the molecule is C[C@@H](NC1CCC(NC(=O)OC(C)(C)C)C1)c1cccc(F)c1. The number of carbonyl (C=O) groups excluding carboxylic acids is 1. The molecule has 0 heterocycles. The van der Waals surface area contributed by atoms with Crippen molar-refractivity contribution in [3.05, 3.63) is 35.6 Å². The molecule has 0 aliphatic heterocycles. The lowest BCUT2D eigenvalue weighted by molar-refractivity contribution is 0.0505. The molecule has 0 spiro atoms. The first-order chi connectivity index (χ1) is 10.7. The fourth-order valence-electron chi connectivity index (χ4n) is 2.96. The highest BCUT2D eigenvalue weighted by Gasteiger charge is 2.28. The van der Waals surface area contributed by atoms with E-state index >= 15 is 0 Å². The van der Waals surface area contributed by atoms with Gasteiger partial charge in [-0.05, 0) is 64.7 Å². The second-order valence-corrected chi connectivity index (χ2v) is 7.30. The van der Waals surface area contributed by atoms with Gasteiger partial charge in [-0.1, -0.05) is 12.1 Å². The number of halogens is 1. The van der Waals surface area contributed by atoms with Crippen molar-refractivity contribution in [1.82, 2.24) is 10.6 Å². The van der Waals surface area contributed by atoms with E-state index in [9.17, 15) is 9.18 Å². The van der Waals surface area contributed by atoms with Gasteiger partial charge in [0.15, 0.2) is 0 Å². The Labute approximate surface area is 137 Å². The number of hydrogen-bond acceptors (Lipinski definition) is 3. The molecule has 1 aliphatic rings. The van der Waals surface area contributed by atoms with Gasteiger partial charge in [-0.25, -0.2) is 9.18 Å². The van der Waals surface area contributed by atoms with E-state index in [1.807, 2.05) is 33.8 Å². The predicted octanol–water partition coefficient (Wildman–Crippen LogP) is 3.92. The van der Waals surface area contributed by atoms with Gasteiger partial charge in [0.2, 0.25) is 0 Å². The van der Waals surface area contributed by atoms with Crippen LogP contribution in [0, 0.1) is 5.82 Å². The van der Waals surface area contributed by atoms with Gasteiger partial charge >= 0.3 is 6.09 Å². The molecule has 0 aromatic heterocycles. The number of carbonyl (C=O) groups is 1. The Hall–Kier alpha value is -1.62. The summed E-state index contributed by atoms with van der Waals surface area (Å²) in [5.74, 6) is -0.216. The predicted molar refractivity (Wildman–Crippen MR) is 88.7 cm³/mol. The minimum absolute atomic E-state index is 0.0796. The minimum atomic E-state index is -0.480. The van der Waals surface area contributed by atoms with Crippen LogP contribution in [0.3, 0.4) is 0 Å². The van der Waals surface area contributed by atoms with E-state index in [-0.39, 0.29) is 24.0 Å². The van der Waals surface area contributed by atoms with Gasteiger partial charge in [0.05, 0.1) is 0 Å². The number of nitrogens with one attached hydrogen (secondary N) is 2. The maximum atomic E-state index is 13.3. The van der Waals surface area contributed by atoms with Gasteiger partial charge in [0.1, 0.15) is 11.4 Å². The number of amides is 1. The topological polar surface area (TPSA) is 50.4 Å². The molecule has 128 valence electrons. The summed E-state index contributed by atoms with van der Waals surface area (Å²) in [6.07, 6.45) is 2.41. The smallest absolute Gasteiger partial charge is 0.407 e. The molecule has 1 aromatic rings. The first-order valence-electron chi connectivity index (χ1n) is 8.24. The summed E-state index contributed by atoms with van der Waals surface area (Å²) in [5, 5.41) is 6.44. The molecule has 23 heavy (non-hydrogen) atoms. The zero-order chi connectivity index (χ0) is 17.0. The molecule has 0 bridgehead atoms. The van der Waals surface area contributed by atoms with Crippen molar-refractivity contribution < 1.29 is 13.9 Å². The van der Waals surface area contributed by atoms with Crippen LogP contribution in [0.4, 0.5) is 9.18 Å². The molecule has 2 rings (SSSR count). The van der Waals surface area contributed by atoms with E-state index in [0.717, 1.165) is 24.8 Å². The van der Waals surface area contributed by atoms with Crippen LogP contribution < -0.4 is 10.6 Å². The molecular weight excluding hydrogens is 295 g/mol. The second-order valence-electron chi connectivity index (χ2n) is 7.30. The Morgan fingerprint density at radius 1 is 1.30 bits per heavy atom. The van der Waals surface area contributed by atoms with E-state index in [0.29, 0.717) is 6.04 Å². The van der Waals surface area contributed by atoms with Crippen LogP contribution in [0.2, 0.25) is 0 Å². The van der Waals surface area contributed by atoms with Crippen molar-refractivity contribution in [2.24, 2.45) is 0 Å². The highest BCUT2D eigenvalue weighted by atomic mass is 19.1. The fourth-order valence-corrected chi connectivity index (χ4v) is 2.96. The first kappa shape index (κ1) is 17.7. The molecule has 3 atom stereocenters. The average Bonchev–Trinajstić information content (AvgIpc) is 2.83. The van der Waals surface area contributed by atoms with Gasteiger partial charge in [0, 0.05) is 18.1 Å². The summed E-state index contributed by atoms with van der Waals surface area (Å²) >= 11 is 0. The van der Waals surface area contributed by atoms with Crippen LogP contribution in [0.15, 0.2) is 24.3 Å². The number of alkyl carbamates (subject to hydrolysis) is 1. The molecule has 0 radical (unpaired) electrons. The largest absolute Gasteiger partial charge is 0.444 e. The van der Waals surface area contributed by atoms with E-state index in [4.69, 9.17) is 4.74 Å². The van der Waals surface area contributed by atoms with Crippen molar-refractivity contribution in [2.75, 3.05) is 0 Å². The number of rotatable bonds is 4. The molecule has 5 heteroatoms. The van der Waals surface area contributed by atoms with Crippen LogP contribution >= 0.6 is 0 Å². The molecular formula is C18H27FN2O2. The number of ether oxygens (including phenoxy) is 1. The normalized spacial score (nSPS) is 22.7. The van der Waals surface area contributed by atoms with Crippen molar-refractivity contribution in [2.45, 2.75) is 70.7 Å². The summed E-state index contributed by atoms with van der Waals surface area (Å²) in [5.41, 5.74) is 0.459. The number of hydrogen-bond donors (Lipinski definition) is 2. The maximum absolute atomic E-state index is 13.3. The lowest BCUT2D eigenvalue weighted by Gasteiger charge is -2.22. The molecule has 2 N–H and O–H groups in total. The summed E-state index contributed by atoms with van der Waals surface area (Å²) in [6, 6.07) is 7.18. The highest BCUT2D eigenvalue weighted by Crippen LogP contribution is 2.23. The van der Waals surface area contributed by atoms with Crippen molar-refractivity contribution in [3.8, 4) is 0 Å². The Bertz CT molecular complexity index is 542. The van der Waals surface area contributed by atoms with E-state index in [1.54, 1.807) is 12.1 Å². The lowest BCUT2D eigenvalue weighted by Crippen LogP contribution is -2.39. The van der Waals surface area contributed by atoms with Gasteiger partial charge in [-0.3, -0.25) is 0 Å². The van der Waals surface area contributed by atoms with Crippen LogP contribution in [-0.4, -0.2) is 23.8 Å². The third-order valence-electron chi connectivity index (χ3n) is 3.99. The first-order valence-corrected chi connectivity index (χ1v) is 8.24. The van der Waals surface area contributed by atoms with E-state index in [2.05, 4.69) is 10.6 Å². The standard InChI is InChI=1S/C18H27FN2O2/c1-12(13-6-5-7-14(19)10-13)20-15-8-9-16(11-15)21-17(22)23-18(2,3)4/h5-7,10,12,15-16,20H,8-9,11H2,1-4H3,(H,21,22)/t12-,15?,16?/m1/s1. The highest BCUT2D eigenvalue weighted by molar-refractivity contribution is 5.68. The Morgan fingerprint density at radius 3 is 2.65 bits per heavy atom. The minimum Gasteiger partial charge on any atom is -0.444 e. The van der Waals surface area contributed by atoms with Crippen molar-refractivity contribution in [3.63, 3.8) is 0 Å². The summed E-state index contributed by atoms with van der Waals surface area (Å²) in [7, 11) is 0. The maximum Gasteiger partial charge on any atom is 0.407 e. The van der Waals surface area contributed by atoms with Gasteiger partial charge in [-0.15, -0.1) is 0 Å². The Balaban J connectivity index is 1.80. The van der Waals surface area contributed by atoms with Gasteiger partial charge in [0.25, 0.3) is 0 Å². The fraction of sp³-hybridized carbons (Fsp3) is 0.611.